The van der Waals surface area contributed by atoms with Crippen LogP contribution in [0.1, 0.15) is 18.1 Å². The first kappa shape index (κ1) is 18.6. The number of fused-ring (bicyclic) bond motifs is 1. The number of hydrogen-bond acceptors (Lipinski definition) is 3. The number of benzodiazepines with no additional fused rings is 1. The molecule has 0 bridgehead atoms. The van der Waals surface area contributed by atoms with E-state index in [1.54, 1.807) is 50.5 Å². The molecule has 2 aromatic rings. The van der Waals surface area contributed by atoms with E-state index in [1.807, 2.05) is 6.92 Å². The van der Waals surface area contributed by atoms with Crippen molar-refractivity contribution in [1.82, 2.24) is 4.90 Å². The van der Waals surface area contributed by atoms with E-state index < -0.39 is 5.82 Å². The number of amides is 3. The minimum absolute atomic E-state index is 0.0743. The molecule has 0 radical (unpaired) electrons. The number of halogens is 1. The number of aliphatic imine (C=N–C) groups is 1. The van der Waals surface area contributed by atoms with Crippen molar-refractivity contribution >= 4 is 29.0 Å². The van der Waals surface area contributed by atoms with Crippen LogP contribution in [0.4, 0.5) is 20.6 Å². The highest BCUT2D eigenvalue weighted by Crippen LogP contribution is 2.29. The Balaban J connectivity index is 2.10. The van der Waals surface area contributed by atoms with Crippen molar-refractivity contribution in [3.63, 3.8) is 0 Å². The highest BCUT2D eigenvalue weighted by atomic mass is 19.1. The lowest BCUT2D eigenvalue weighted by Crippen LogP contribution is -2.31. The minimum Gasteiger partial charge on any atom is -0.328 e. The van der Waals surface area contributed by atoms with E-state index in [2.05, 4.69) is 10.3 Å². The Hall–Kier alpha value is -3.22. The predicted octanol–water partition coefficient (Wildman–Crippen LogP) is 3.12. The Kier molecular flexibility index (Phi) is 5.21. The van der Waals surface area contributed by atoms with Crippen molar-refractivity contribution < 1.29 is 14.0 Å². The summed E-state index contributed by atoms with van der Waals surface area (Å²) in [6.45, 7) is 2.37. The van der Waals surface area contributed by atoms with Gasteiger partial charge in [0.2, 0.25) is 5.91 Å². The standard InChI is InChI=1S/C20H21FN4O2/c1-4-24(2)20(27)23-13-9-10-17-15(11-13)19(22-12-18(26)25(17)3)14-7-5-6-8-16(14)21/h5-11H,4,12H2,1-3H3,(H,23,27). The van der Waals surface area contributed by atoms with Gasteiger partial charge in [0.25, 0.3) is 0 Å². The van der Waals surface area contributed by atoms with Gasteiger partial charge in [-0.05, 0) is 37.3 Å². The van der Waals surface area contributed by atoms with Gasteiger partial charge in [0, 0.05) is 37.5 Å². The van der Waals surface area contributed by atoms with E-state index in [0.717, 1.165) is 0 Å². The Bertz CT molecular complexity index is 926. The van der Waals surface area contributed by atoms with E-state index >= 15 is 0 Å². The van der Waals surface area contributed by atoms with Gasteiger partial charge in [-0.25, -0.2) is 9.18 Å². The molecule has 0 saturated carbocycles. The van der Waals surface area contributed by atoms with Gasteiger partial charge < -0.3 is 15.1 Å². The van der Waals surface area contributed by atoms with Crippen LogP contribution in [0.3, 0.4) is 0 Å². The lowest BCUT2D eigenvalue weighted by atomic mass is 9.99. The van der Waals surface area contributed by atoms with Gasteiger partial charge in [-0.1, -0.05) is 12.1 Å². The number of likely N-dealkylation sites (N-methyl/N-ethyl adjacent to an activating group) is 1. The van der Waals surface area contributed by atoms with E-state index in [1.165, 1.54) is 15.9 Å². The number of rotatable bonds is 3. The fraction of sp³-hybridized carbons (Fsp3) is 0.250. The summed E-state index contributed by atoms with van der Waals surface area (Å²) in [7, 11) is 3.35. The van der Waals surface area contributed by atoms with Crippen molar-refractivity contribution in [1.29, 1.82) is 0 Å². The zero-order valence-electron chi connectivity index (χ0n) is 15.5. The summed E-state index contributed by atoms with van der Waals surface area (Å²) in [5, 5.41) is 2.81. The second kappa shape index (κ2) is 7.57. The van der Waals surface area contributed by atoms with E-state index in [-0.39, 0.29) is 18.5 Å². The van der Waals surface area contributed by atoms with Crippen molar-refractivity contribution in [3.8, 4) is 0 Å². The van der Waals surface area contributed by atoms with E-state index in [0.29, 0.717) is 34.8 Å². The van der Waals surface area contributed by atoms with Crippen molar-refractivity contribution in [2.45, 2.75) is 6.92 Å². The van der Waals surface area contributed by atoms with E-state index in [4.69, 9.17) is 0 Å². The summed E-state index contributed by atoms with van der Waals surface area (Å²) in [5.41, 5.74) is 2.45. The number of benzene rings is 2. The van der Waals surface area contributed by atoms with Crippen LogP contribution in [-0.2, 0) is 4.79 Å². The van der Waals surface area contributed by atoms with Gasteiger partial charge in [0.1, 0.15) is 12.4 Å². The van der Waals surface area contributed by atoms with Crippen LogP contribution in [0.15, 0.2) is 47.5 Å². The van der Waals surface area contributed by atoms with Gasteiger partial charge in [-0.3, -0.25) is 9.79 Å². The molecule has 1 aliphatic heterocycles. The molecule has 0 aliphatic carbocycles. The van der Waals surface area contributed by atoms with Crippen LogP contribution in [-0.4, -0.2) is 49.7 Å². The molecule has 3 rings (SSSR count). The number of urea groups is 1. The van der Waals surface area contributed by atoms with Crippen LogP contribution in [0.5, 0.6) is 0 Å². The second-order valence-corrected chi connectivity index (χ2v) is 6.27. The fourth-order valence-corrected chi connectivity index (χ4v) is 2.81. The molecule has 0 unspecified atom stereocenters. The second-order valence-electron chi connectivity index (χ2n) is 6.27. The van der Waals surface area contributed by atoms with Crippen LogP contribution < -0.4 is 10.2 Å². The van der Waals surface area contributed by atoms with Gasteiger partial charge in [0.05, 0.1) is 11.4 Å². The van der Waals surface area contributed by atoms with Gasteiger partial charge in [-0.2, -0.15) is 0 Å². The first-order chi connectivity index (χ1) is 12.9. The molecule has 27 heavy (non-hydrogen) atoms. The maximum atomic E-state index is 14.4. The minimum atomic E-state index is -0.417. The maximum absolute atomic E-state index is 14.4. The van der Waals surface area contributed by atoms with Gasteiger partial charge >= 0.3 is 6.03 Å². The van der Waals surface area contributed by atoms with Crippen LogP contribution in [0, 0.1) is 5.82 Å². The van der Waals surface area contributed by atoms with Crippen LogP contribution in [0.25, 0.3) is 0 Å². The molecule has 0 spiro atoms. The molecule has 0 aromatic heterocycles. The van der Waals surface area contributed by atoms with Crippen LogP contribution >= 0.6 is 0 Å². The number of anilines is 2. The third kappa shape index (κ3) is 3.67. The van der Waals surface area contributed by atoms with Gasteiger partial charge in [-0.15, -0.1) is 0 Å². The molecule has 6 nitrogen and oxygen atoms in total. The molecule has 1 heterocycles. The first-order valence-electron chi connectivity index (χ1n) is 8.64. The lowest BCUT2D eigenvalue weighted by molar-refractivity contribution is -0.116. The molecule has 1 aliphatic rings. The summed E-state index contributed by atoms with van der Waals surface area (Å²) in [6, 6.07) is 11.2. The molecular formula is C20H21FN4O2. The number of carbonyl (C=O) groups is 2. The Labute approximate surface area is 157 Å². The average Bonchev–Trinajstić information content (AvgIpc) is 2.79. The van der Waals surface area contributed by atoms with Crippen molar-refractivity contribution in [2.24, 2.45) is 4.99 Å². The van der Waals surface area contributed by atoms with Gasteiger partial charge in [0.15, 0.2) is 0 Å². The fourth-order valence-electron chi connectivity index (χ4n) is 2.81. The quantitative estimate of drug-likeness (QED) is 0.905. The summed E-state index contributed by atoms with van der Waals surface area (Å²) >= 11 is 0. The predicted molar refractivity (Wildman–Crippen MR) is 104 cm³/mol. The third-order valence-electron chi connectivity index (χ3n) is 4.56. The Morgan fingerprint density at radius 2 is 2.00 bits per heavy atom. The molecule has 0 atom stereocenters. The third-order valence-corrected chi connectivity index (χ3v) is 4.56. The lowest BCUT2D eigenvalue weighted by Gasteiger charge is -2.20. The van der Waals surface area contributed by atoms with E-state index in [9.17, 15) is 14.0 Å². The zero-order valence-corrected chi connectivity index (χ0v) is 15.5. The highest BCUT2D eigenvalue weighted by molar-refractivity contribution is 6.20. The maximum Gasteiger partial charge on any atom is 0.321 e. The smallest absolute Gasteiger partial charge is 0.321 e. The number of nitrogens with one attached hydrogen (secondary N) is 1. The summed E-state index contributed by atoms with van der Waals surface area (Å²) in [5.74, 6) is -0.607. The molecule has 0 fully saturated rings. The zero-order chi connectivity index (χ0) is 19.6. The monoisotopic (exact) mass is 368 g/mol. The average molecular weight is 368 g/mol. The Morgan fingerprint density at radius 1 is 1.26 bits per heavy atom. The normalized spacial score (nSPS) is 13.6. The van der Waals surface area contributed by atoms with Crippen molar-refractivity contribution in [3.05, 3.63) is 59.4 Å². The summed E-state index contributed by atoms with van der Waals surface area (Å²) in [6.07, 6.45) is 0. The molecule has 0 saturated heterocycles. The molecule has 2 aromatic carbocycles. The molecular weight excluding hydrogens is 347 g/mol. The number of carbonyl (C=O) groups excluding carboxylic acids is 2. The largest absolute Gasteiger partial charge is 0.328 e. The summed E-state index contributed by atoms with van der Waals surface area (Å²) in [4.78, 5) is 31.8. The Morgan fingerprint density at radius 3 is 2.70 bits per heavy atom. The highest BCUT2D eigenvalue weighted by Gasteiger charge is 2.24. The molecule has 7 heteroatoms. The molecule has 1 N–H and O–H groups in total. The molecule has 3 amide bonds. The number of hydrogen-bond donors (Lipinski definition) is 1. The number of nitrogens with zero attached hydrogens (tertiary/aromatic N) is 3. The summed E-state index contributed by atoms with van der Waals surface area (Å²) < 4.78 is 14.4. The topological polar surface area (TPSA) is 65.0 Å². The SMILES string of the molecule is CCN(C)C(=O)Nc1ccc2c(c1)C(c1ccccc1F)=NCC(=O)N2C. The molecule has 140 valence electrons. The van der Waals surface area contributed by atoms with Crippen molar-refractivity contribution in [2.75, 3.05) is 37.4 Å². The van der Waals surface area contributed by atoms with Crippen LogP contribution in [0.2, 0.25) is 0 Å². The first-order valence-corrected chi connectivity index (χ1v) is 8.64.